The van der Waals surface area contributed by atoms with Gasteiger partial charge >= 0.3 is 0 Å². The summed E-state index contributed by atoms with van der Waals surface area (Å²) in [7, 11) is 0. The van der Waals surface area contributed by atoms with Crippen molar-refractivity contribution in [2.75, 3.05) is 36.4 Å². The lowest BCUT2D eigenvalue weighted by Crippen LogP contribution is -2.51. The van der Waals surface area contributed by atoms with E-state index in [4.69, 9.17) is 4.74 Å². The SMILES string of the molecule is O=C1Nc2ccccc2O[C@@H]1CC(=O)N1CCN(c2ncccn2)CC1. The summed E-state index contributed by atoms with van der Waals surface area (Å²) < 4.78 is 5.71. The van der Waals surface area contributed by atoms with Crippen LogP contribution in [0.2, 0.25) is 0 Å². The molecule has 0 unspecified atom stereocenters. The highest BCUT2D eigenvalue weighted by Crippen LogP contribution is 2.29. The van der Waals surface area contributed by atoms with Crippen molar-refractivity contribution >= 4 is 23.5 Å². The average molecular weight is 353 g/mol. The fraction of sp³-hybridized carbons (Fsp3) is 0.333. The zero-order valence-electron chi connectivity index (χ0n) is 14.2. The van der Waals surface area contributed by atoms with Crippen molar-refractivity contribution in [3.63, 3.8) is 0 Å². The molecule has 1 fully saturated rings. The van der Waals surface area contributed by atoms with E-state index in [1.165, 1.54) is 0 Å². The first-order valence-corrected chi connectivity index (χ1v) is 8.57. The Morgan fingerprint density at radius 1 is 1.12 bits per heavy atom. The minimum Gasteiger partial charge on any atom is -0.478 e. The largest absolute Gasteiger partial charge is 0.478 e. The zero-order chi connectivity index (χ0) is 17.9. The van der Waals surface area contributed by atoms with Gasteiger partial charge in [-0.05, 0) is 18.2 Å². The Kier molecular flexibility index (Phi) is 4.39. The van der Waals surface area contributed by atoms with Crippen LogP contribution in [0.4, 0.5) is 11.6 Å². The molecule has 8 nitrogen and oxygen atoms in total. The summed E-state index contributed by atoms with van der Waals surface area (Å²) in [6, 6.07) is 8.99. The number of rotatable bonds is 3. The standard InChI is InChI=1S/C18H19N5O3/c24-16(12-15-17(25)21-13-4-1-2-5-14(13)26-15)22-8-10-23(11-9-22)18-19-6-3-7-20-18/h1-7,15H,8-12H2,(H,21,25)/t15-/m1/s1. The zero-order valence-corrected chi connectivity index (χ0v) is 14.2. The van der Waals surface area contributed by atoms with Crippen molar-refractivity contribution in [2.24, 2.45) is 0 Å². The number of fused-ring (bicyclic) bond motifs is 1. The van der Waals surface area contributed by atoms with Crippen molar-refractivity contribution in [1.82, 2.24) is 14.9 Å². The number of nitrogens with one attached hydrogen (secondary N) is 1. The van der Waals surface area contributed by atoms with Gasteiger partial charge in [0.15, 0.2) is 6.10 Å². The van der Waals surface area contributed by atoms with Crippen molar-refractivity contribution in [2.45, 2.75) is 12.5 Å². The Morgan fingerprint density at radius 2 is 1.85 bits per heavy atom. The number of hydrogen-bond acceptors (Lipinski definition) is 6. The third-order valence-electron chi connectivity index (χ3n) is 4.53. The third kappa shape index (κ3) is 3.30. The second kappa shape index (κ2) is 6.99. The van der Waals surface area contributed by atoms with Crippen LogP contribution in [0.1, 0.15) is 6.42 Å². The second-order valence-electron chi connectivity index (χ2n) is 6.21. The van der Waals surface area contributed by atoms with Gasteiger partial charge in [-0.3, -0.25) is 9.59 Å². The van der Waals surface area contributed by atoms with E-state index < -0.39 is 6.10 Å². The summed E-state index contributed by atoms with van der Waals surface area (Å²) in [4.78, 5) is 37.0. The molecule has 2 aliphatic heterocycles. The topological polar surface area (TPSA) is 87.7 Å². The summed E-state index contributed by atoms with van der Waals surface area (Å²) in [5.41, 5.74) is 0.637. The van der Waals surface area contributed by atoms with E-state index >= 15 is 0 Å². The Bertz CT molecular complexity index is 805. The van der Waals surface area contributed by atoms with Crippen LogP contribution in [0.3, 0.4) is 0 Å². The highest BCUT2D eigenvalue weighted by atomic mass is 16.5. The molecule has 2 amide bonds. The fourth-order valence-electron chi connectivity index (χ4n) is 3.13. The first-order chi connectivity index (χ1) is 12.7. The molecule has 2 aromatic rings. The molecule has 1 N–H and O–H groups in total. The van der Waals surface area contributed by atoms with Crippen molar-refractivity contribution < 1.29 is 14.3 Å². The van der Waals surface area contributed by atoms with Crippen LogP contribution in [0.5, 0.6) is 5.75 Å². The minimum absolute atomic E-state index is 0.0298. The van der Waals surface area contributed by atoms with Crippen LogP contribution < -0.4 is 15.0 Å². The van der Waals surface area contributed by atoms with Gasteiger partial charge in [-0.2, -0.15) is 0 Å². The van der Waals surface area contributed by atoms with E-state index in [2.05, 4.69) is 15.3 Å². The molecular weight excluding hydrogens is 334 g/mol. The normalized spacial score (nSPS) is 19.4. The summed E-state index contributed by atoms with van der Waals surface area (Å²) >= 11 is 0. The highest BCUT2D eigenvalue weighted by Gasteiger charge is 2.32. The number of carbonyl (C=O) groups excluding carboxylic acids is 2. The molecule has 1 aromatic carbocycles. The number of ether oxygens (including phenoxy) is 1. The van der Waals surface area contributed by atoms with Crippen LogP contribution >= 0.6 is 0 Å². The summed E-state index contributed by atoms with van der Waals surface area (Å²) in [6.07, 6.45) is 2.64. The third-order valence-corrected chi connectivity index (χ3v) is 4.53. The molecule has 0 bridgehead atoms. The summed E-state index contributed by atoms with van der Waals surface area (Å²) in [5.74, 6) is 0.897. The lowest BCUT2D eigenvalue weighted by atomic mass is 10.1. The monoisotopic (exact) mass is 353 g/mol. The van der Waals surface area contributed by atoms with Crippen molar-refractivity contribution in [3.8, 4) is 5.75 Å². The molecule has 0 radical (unpaired) electrons. The van der Waals surface area contributed by atoms with Crippen LogP contribution in [-0.4, -0.2) is 59.0 Å². The predicted molar refractivity (Wildman–Crippen MR) is 94.9 cm³/mol. The number of benzene rings is 1. The van der Waals surface area contributed by atoms with Gasteiger partial charge in [0.05, 0.1) is 12.1 Å². The maximum Gasteiger partial charge on any atom is 0.266 e. The summed E-state index contributed by atoms with van der Waals surface area (Å²) in [6.45, 7) is 2.47. The Balaban J connectivity index is 1.34. The molecule has 0 aliphatic carbocycles. The maximum absolute atomic E-state index is 12.6. The van der Waals surface area contributed by atoms with Crippen molar-refractivity contribution in [3.05, 3.63) is 42.7 Å². The molecule has 1 saturated heterocycles. The van der Waals surface area contributed by atoms with Gasteiger partial charge in [0.25, 0.3) is 5.91 Å². The number of nitrogens with zero attached hydrogens (tertiary/aromatic N) is 4. The molecule has 1 atom stereocenters. The van der Waals surface area contributed by atoms with Crippen LogP contribution in [-0.2, 0) is 9.59 Å². The van der Waals surface area contributed by atoms with E-state index in [1.807, 2.05) is 17.0 Å². The molecule has 3 heterocycles. The summed E-state index contributed by atoms with van der Waals surface area (Å²) in [5, 5.41) is 2.79. The van der Waals surface area contributed by atoms with Gasteiger partial charge in [0.2, 0.25) is 11.9 Å². The number of aromatic nitrogens is 2. The molecule has 0 spiro atoms. The predicted octanol–water partition coefficient (Wildman–Crippen LogP) is 0.915. The lowest BCUT2D eigenvalue weighted by Gasteiger charge is -2.35. The first-order valence-electron chi connectivity index (χ1n) is 8.57. The fourth-order valence-corrected chi connectivity index (χ4v) is 3.13. The molecule has 26 heavy (non-hydrogen) atoms. The molecule has 4 rings (SSSR count). The minimum atomic E-state index is -0.798. The van der Waals surface area contributed by atoms with Crippen LogP contribution in [0, 0.1) is 0 Å². The van der Waals surface area contributed by atoms with E-state index in [-0.39, 0.29) is 18.2 Å². The molecule has 134 valence electrons. The molecule has 1 aromatic heterocycles. The number of para-hydroxylation sites is 2. The molecule has 2 aliphatic rings. The Hall–Kier alpha value is -3.16. The first kappa shape index (κ1) is 16.3. The molecule has 8 heteroatoms. The van der Waals surface area contributed by atoms with E-state index in [0.717, 1.165) is 0 Å². The number of piperazine rings is 1. The smallest absolute Gasteiger partial charge is 0.266 e. The van der Waals surface area contributed by atoms with Gasteiger partial charge in [-0.15, -0.1) is 0 Å². The van der Waals surface area contributed by atoms with Gasteiger partial charge in [0.1, 0.15) is 5.75 Å². The number of amides is 2. The van der Waals surface area contributed by atoms with Gasteiger partial charge in [0, 0.05) is 38.6 Å². The Labute approximate surface area is 150 Å². The number of anilines is 2. The van der Waals surface area contributed by atoms with E-state index in [0.29, 0.717) is 43.6 Å². The average Bonchev–Trinajstić information content (AvgIpc) is 2.69. The van der Waals surface area contributed by atoms with Crippen LogP contribution in [0.25, 0.3) is 0 Å². The number of carbonyl (C=O) groups is 2. The van der Waals surface area contributed by atoms with Crippen LogP contribution in [0.15, 0.2) is 42.7 Å². The Morgan fingerprint density at radius 3 is 2.62 bits per heavy atom. The molecular formula is C18H19N5O3. The second-order valence-corrected chi connectivity index (χ2v) is 6.21. The maximum atomic E-state index is 12.6. The lowest BCUT2D eigenvalue weighted by molar-refractivity contribution is -0.137. The molecule has 0 saturated carbocycles. The van der Waals surface area contributed by atoms with Gasteiger partial charge in [-0.1, -0.05) is 12.1 Å². The number of hydrogen-bond donors (Lipinski definition) is 1. The van der Waals surface area contributed by atoms with E-state index in [1.54, 1.807) is 35.5 Å². The van der Waals surface area contributed by atoms with E-state index in [9.17, 15) is 9.59 Å². The van der Waals surface area contributed by atoms with Gasteiger partial charge in [-0.25, -0.2) is 9.97 Å². The quantitative estimate of drug-likeness (QED) is 0.883. The highest BCUT2D eigenvalue weighted by molar-refractivity contribution is 5.99. The van der Waals surface area contributed by atoms with Crippen molar-refractivity contribution in [1.29, 1.82) is 0 Å². The van der Waals surface area contributed by atoms with Gasteiger partial charge < -0.3 is 19.9 Å².